The third-order valence-corrected chi connectivity index (χ3v) is 2.62. The van der Waals surface area contributed by atoms with E-state index in [-0.39, 0.29) is 0 Å². The Morgan fingerprint density at radius 3 is 2.61 bits per heavy atom. The van der Waals surface area contributed by atoms with Crippen molar-refractivity contribution in [2.75, 3.05) is 5.73 Å². The zero-order chi connectivity index (χ0) is 13.0. The molecule has 18 heavy (non-hydrogen) atoms. The molecule has 0 atom stereocenters. The Bertz CT molecular complexity index is 490. The number of ether oxygens (including phenoxy) is 1. The molecule has 2 N–H and O–H groups in total. The van der Waals surface area contributed by atoms with Gasteiger partial charge in [-0.15, -0.1) is 0 Å². The van der Waals surface area contributed by atoms with E-state index < -0.39 is 0 Å². The Morgan fingerprint density at radius 1 is 1.22 bits per heavy atom. The van der Waals surface area contributed by atoms with Crippen molar-refractivity contribution in [1.82, 2.24) is 14.8 Å². The molecule has 0 aliphatic carbocycles. The number of nitrogens with two attached hydrogens (primary N) is 1. The minimum atomic E-state index is 0.294. The Kier molecular flexibility index (Phi) is 3.94. The molecule has 2 rings (SSSR count). The molecule has 1 aromatic carbocycles. The SMILES string of the molecule is CC(C)n1ncnc1COCc1ccc(N)cc1. The minimum absolute atomic E-state index is 0.294. The summed E-state index contributed by atoms with van der Waals surface area (Å²) in [5.41, 5.74) is 7.48. The number of aromatic nitrogens is 3. The van der Waals surface area contributed by atoms with Gasteiger partial charge in [-0.3, -0.25) is 0 Å². The second-order valence-corrected chi connectivity index (χ2v) is 4.45. The molecule has 0 amide bonds. The summed E-state index contributed by atoms with van der Waals surface area (Å²) >= 11 is 0. The highest BCUT2D eigenvalue weighted by Gasteiger charge is 2.07. The van der Waals surface area contributed by atoms with Crippen LogP contribution in [0.15, 0.2) is 30.6 Å². The van der Waals surface area contributed by atoms with Crippen molar-refractivity contribution in [2.45, 2.75) is 33.1 Å². The average Bonchev–Trinajstić information content (AvgIpc) is 2.80. The Hall–Kier alpha value is -1.88. The van der Waals surface area contributed by atoms with Gasteiger partial charge in [0, 0.05) is 11.7 Å². The van der Waals surface area contributed by atoms with Crippen LogP contribution in [0.4, 0.5) is 5.69 Å². The molecule has 0 bridgehead atoms. The molecule has 0 radical (unpaired) electrons. The number of nitrogen functional groups attached to an aromatic ring is 1. The summed E-state index contributed by atoms with van der Waals surface area (Å²) in [6.45, 7) is 5.14. The predicted octanol–water partition coefficient (Wildman–Crippen LogP) is 2.16. The van der Waals surface area contributed by atoms with E-state index in [1.807, 2.05) is 28.9 Å². The number of anilines is 1. The quantitative estimate of drug-likeness (QED) is 0.821. The van der Waals surface area contributed by atoms with Crippen molar-refractivity contribution < 1.29 is 4.74 Å². The van der Waals surface area contributed by atoms with Crippen LogP contribution in [0.25, 0.3) is 0 Å². The number of benzene rings is 1. The normalized spacial score (nSPS) is 11.1. The molecule has 1 heterocycles. The zero-order valence-corrected chi connectivity index (χ0v) is 10.7. The smallest absolute Gasteiger partial charge is 0.153 e. The second-order valence-electron chi connectivity index (χ2n) is 4.45. The molecule has 96 valence electrons. The van der Waals surface area contributed by atoms with E-state index in [1.54, 1.807) is 6.33 Å². The first-order chi connectivity index (χ1) is 8.66. The fraction of sp³-hybridized carbons (Fsp3) is 0.385. The van der Waals surface area contributed by atoms with Crippen LogP contribution < -0.4 is 5.73 Å². The standard InChI is InChI=1S/C13H18N4O/c1-10(2)17-13(15-9-16-17)8-18-7-11-3-5-12(14)6-4-11/h3-6,9-10H,7-8,14H2,1-2H3. The predicted molar refractivity (Wildman–Crippen MR) is 69.8 cm³/mol. The van der Waals surface area contributed by atoms with Crippen LogP contribution in [-0.4, -0.2) is 14.8 Å². The maximum absolute atomic E-state index is 5.63. The molecule has 0 saturated carbocycles. The first-order valence-electron chi connectivity index (χ1n) is 5.97. The Balaban J connectivity index is 1.88. The lowest BCUT2D eigenvalue weighted by Gasteiger charge is -2.09. The monoisotopic (exact) mass is 246 g/mol. The van der Waals surface area contributed by atoms with E-state index in [0.717, 1.165) is 17.1 Å². The lowest BCUT2D eigenvalue weighted by Crippen LogP contribution is -2.09. The van der Waals surface area contributed by atoms with Gasteiger partial charge < -0.3 is 10.5 Å². The third-order valence-electron chi connectivity index (χ3n) is 2.62. The van der Waals surface area contributed by atoms with Crippen molar-refractivity contribution in [1.29, 1.82) is 0 Å². The van der Waals surface area contributed by atoms with Gasteiger partial charge in [0.2, 0.25) is 0 Å². The number of nitrogens with zero attached hydrogens (tertiary/aromatic N) is 3. The second kappa shape index (κ2) is 5.64. The van der Waals surface area contributed by atoms with Gasteiger partial charge in [0.15, 0.2) is 5.82 Å². The van der Waals surface area contributed by atoms with Gasteiger partial charge in [-0.2, -0.15) is 5.10 Å². The van der Waals surface area contributed by atoms with Crippen LogP contribution >= 0.6 is 0 Å². The molecule has 0 aliphatic rings. The fourth-order valence-electron chi connectivity index (χ4n) is 1.68. The van der Waals surface area contributed by atoms with Crippen molar-refractivity contribution >= 4 is 5.69 Å². The summed E-state index contributed by atoms with van der Waals surface area (Å²) in [5.74, 6) is 0.848. The van der Waals surface area contributed by atoms with Gasteiger partial charge in [-0.05, 0) is 31.5 Å². The summed E-state index contributed by atoms with van der Waals surface area (Å²) < 4.78 is 7.49. The fourth-order valence-corrected chi connectivity index (χ4v) is 1.68. The van der Waals surface area contributed by atoms with Crippen molar-refractivity contribution in [2.24, 2.45) is 0 Å². The highest BCUT2D eigenvalue weighted by Crippen LogP contribution is 2.09. The van der Waals surface area contributed by atoms with Gasteiger partial charge in [0.25, 0.3) is 0 Å². The average molecular weight is 246 g/mol. The van der Waals surface area contributed by atoms with Crippen LogP contribution in [0.2, 0.25) is 0 Å². The van der Waals surface area contributed by atoms with E-state index in [4.69, 9.17) is 10.5 Å². The molecular weight excluding hydrogens is 228 g/mol. The van der Waals surface area contributed by atoms with Gasteiger partial charge in [-0.1, -0.05) is 12.1 Å². The maximum atomic E-state index is 5.63. The minimum Gasteiger partial charge on any atom is -0.399 e. The number of rotatable bonds is 5. The van der Waals surface area contributed by atoms with E-state index in [0.29, 0.717) is 19.3 Å². The first-order valence-corrected chi connectivity index (χ1v) is 5.97. The van der Waals surface area contributed by atoms with Crippen molar-refractivity contribution in [3.05, 3.63) is 42.0 Å². The summed E-state index contributed by atoms with van der Waals surface area (Å²) in [6.07, 6.45) is 1.56. The Morgan fingerprint density at radius 2 is 1.94 bits per heavy atom. The molecule has 1 aromatic heterocycles. The molecule has 5 heteroatoms. The van der Waals surface area contributed by atoms with Gasteiger partial charge >= 0.3 is 0 Å². The van der Waals surface area contributed by atoms with E-state index in [9.17, 15) is 0 Å². The largest absolute Gasteiger partial charge is 0.399 e. The highest BCUT2D eigenvalue weighted by molar-refractivity contribution is 5.39. The number of hydrogen-bond donors (Lipinski definition) is 1. The van der Waals surface area contributed by atoms with Gasteiger partial charge in [-0.25, -0.2) is 9.67 Å². The summed E-state index contributed by atoms with van der Waals surface area (Å²) in [4.78, 5) is 4.19. The summed E-state index contributed by atoms with van der Waals surface area (Å²) in [6, 6.07) is 7.96. The molecule has 5 nitrogen and oxygen atoms in total. The van der Waals surface area contributed by atoms with Gasteiger partial charge in [0.05, 0.1) is 6.61 Å². The summed E-state index contributed by atoms with van der Waals surface area (Å²) in [5, 5.41) is 4.16. The first kappa shape index (κ1) is 12.6. The van der Waals surface area contributed by atoms with Crippen molar-refractivity contribution in [3.8, 4) is 0 Å². The highest BCUT2D eigenvalue weighted by atomic mass is 16.5. The van der Waals surface area contributed by atoms with Crippen molar-refractivity contribution in [3.63, 3.8) is 0 Å². The number of hydrogen-bond acceptors (Lipinski definition) is 4. The molecule has 0 unspecified atom stereocenters. The molecule has 0 fully saturated rings. The molecular formula is C13H18N4O. The molecule has 0 saturated heterocycles. The topological polar surface area (TPSA) is 66.0 Å². The van der Waals surface area contributed by atoms with Crippen LogP contribution in [0, 0.1) is 0 Å². The van der Waals surface area contributed by atoms with E-state index >= 15 is 0 Å². The Labute approximate surface area is 107 Å². The van der Waals surface area contributed by atoms with Crippen LogP contribution in [0.1, 0.15) is 31.3 Å². The lowest BCUT2D eigenvalue weighted by molar-refractivity contribution is 0.0976. The van der Waals surface area contributed by atoms with Gasteiger partial charge in [0.1, 0.15) is 12.9 Å². The van der Waals surface area contributed by atoms with E-state index in [1.165, 1.54) is 0 Å². The van der Waals surface area contributed by atoms with E-state index in [2.05, 4.69) is 23.9 Å². The molecule has 0 spiro atoms. The zero-order valence-electron chi connectivity index (χ0n) is 10.7. The molecule has 2 aromatic rings. The van der Waals surface area contributed by atoms with Crippen LogP contribution in [-0.2, 0) is 18.0 Å². The molecule has 0 aliphatic heterocycles. The third kappa shape index (κ3) is 3.07. The van der Waals surface area contributed by atoms with Crippen LogP contribution in [0.3, 0.4) is 0 Å². The van der Waals surface area contributed by atoms with Crippen LogP contribution in [0.5, 0.6) is 0 Å². The maximum Gasteiger partial charge on any atom is 0.153 e. The lowest BCUT2D eigenvalue weighted by atomic mass is 10.2. The summed E-state index contributed by atoms with van der Waals surface area (Å²) in [7, 11) is 0.